The zero-order chi connectivity index (χ0) is 14.0. The Bertz CT molecular complexity index is 498. The molecule has 1 aromatic carbocycles. The Labute approximate surface area is 127 Å². The second kappa shape index (κ2) is 5.75. The zero-order valence-electron chi connectivity index (χ0n) is 10.9. The fourth-order valence-electron chi connectivity index (χ4n) is 2.59. The highest BCUT2D eigenvalue weighted by Gasteiger charge is 2.28. The first-order valence-corrected chi connectivity index (χ1v) is 7.65. The van der Waals surface area contributed by atoms with Gasteiger partial charge in [0.1, 0.15) is 4.99 Å². The minimum absolute atomic E-state index is 0.195. The van der Waals surface area contributed by atoms with Gasteiger partial charge in [0.05, 0.1) is 10.2 Å². The number of anilines is 1. The number of hydrogen-bond acceptors (Lipinski definition) is 2. The lowest BCUT2D eigenvalue weighted by Crippen LogP contribution is -2.23. The first-order chi connectivity index (χ1) is 8.93. The van der Waals surface area contributed by atoms with Crippen LogP contribution < -0.4 is 11.1 Å². The summed E-state index contributed by atoms with van der Waals surface area (Å²) in [4.78, 5) is 0.195. The minimum atomic E-state index is -0.327. The molecule has 1 aromatic rings. The number of benzene rings is 1. The van der Waals surface area contributed by atoms with Crippen molar-refractivity contribution < 1.29 is 4.39 Å². The maximum atomic E-state index is 14.2. The molecule has 1 aliphatic carbocycles. The van der Waals surface area contributed by atoms with Crippen molar-refractivity contribution in [3.05, 3.63) is 28.0 Å². The van der Waals surface area contributed by atoms with Crippen molar-refractivity contribution in [2.45, 2.75) is 32.6 Å². The maximum Gasteiger partial charge on any atom is 0.161 e. The van der Waals surface area contributed by atoms with E-state index in [0.717, 1.165) is 6.54 Å². The zero-order valence-corrected chi connectivity index (χ0v) is 13.3. The average molecular weight is 345 g/mol. The molecule has 2 rings (SSSR count). The molecule has 1 fully saturated rings. The van der Waals surface area contributed by atoms with Crippen molar-refractivity contribution in [2.24, 2.45) is 11.1 Å². The third-order valence-corrected chi connectivity index (χ3v) is 4.86. The third-order valence-electron chi connectivity index (χ3n) is 3.86. The summed E-state index contributed by atoms with van der Waals surface area (Å²) < 4.78 is 14.5. The number of nitrogens with two attached hydrogens (primary N) is 1. The van der Waals surface area contributed by atoms with E-state index in [0.29, 0.717) is 15.7 Å². The van der Waals surface area contributed by atoms with Crippen LogP contribution in [0.2, 0.25) is 0 Å². The summed E-state index contributed by atoms with van der Waals surface area (Å²) in [5.74, 6) is -0.327. The van der Waals surface area contributed by atoms with Crippen LogP contribution in [0, 0.1) is 11.2 Å². The highest BCUT2D eigenvalue weighted by molar-refractivity contribution is 9.10. The van der Waals surface area contributed by atoms with Gasteiger partial charge in [-0.15, -0.1) is 0 Å². The summed E-state index contributed by atoms with van der Waals surface area (Å²) in [7, 11) is 0. The quantitative estimate of drug-likeness (QED) is 0.803. The van der Waals surface area contributed by atoms with E-state index in [1.165, 1.54) is 25.7 Å². The maximum absolute atomic E-state index is 14.2. The smallest absolute Gasteiger partial charge is 0.161 e. The van der Waals surface area contributed by atoms with Crippen LogP contribution in [0.1, 0.15) is 38.2 Å². The Balaban J connectivity index is 2.13. The number of halogens is 2. The predicted octanol–water partition coefficient (Wildman–Crippen LogP) is 4.21. The molecule has 0 atom stereocenters. The van der Waals surface area contributed by atoms with Gasteiger partial charge in [-0.25, -0.2) is 4.39 Å². The van der Waals surface area contributed by atoms with Crippen molar-refractivity contribution in [3.63, 3.8) is 0 Å². The number of thiocarbonyl (C=S) groups is 1. The van der Waals surface area contributed by atoms with E-state index in [2.05, 4.69) is 28.2 Å². The van der Waals surface area contributed by atoms with Gasteiger partial charge in [0.2, 0.25) is 0 Å². The van der Waals surface area contributed by atoms with Crippen molar-refractivity contribution in [1.82, 2.24) is 0 Å². The van der Waals surface area contributed by atoms with E-state index >= 15 is 0 Å². The molecule has 1 aliphatic rings. The Morgan fingerprint density at radius 2 is 2.11 bits per heavy atom. The Hall–Kier alpha value is -0.680. The summed E-state index contributed by atoms with van der Waals surface area (Å²) in [6.07, 6.45) is 4.94. The van der Waals surface area contributed by atoms with Crippen LogP contribution in [-0.4, -0.2) is 11.5 Å². The molecular formula is C14H18BrFN2S. The van der Waals surface area contributed by atoms with Gasteiger partial charge >= 0.3 is 0 Å². The molecule has 3 N–H and O–H groups in total. The van der Waals surface area contributed by atoms with E-state index in [1.54, 1.807) is 12.1 Å². The standard InChI is InChI=1S/C14H18BrFN2S/c1-14(6-2-3-7-14)8-18-10-5-4-9(13(17)19)11(15)12(10)16/h4-5,18H,2-3,6-8H2,1H3,(H2,17,19). The van der Waals surface area contributed by atoms with Crippen molar-refractivity contribution in [2.75, 3.05) is 11.9 Å². The molecule has 19 heavy (non-hydrogen) atoms. The van der Waals surface area contributed by atoms with Crippen LogP contribution in [-0.2, 0) is 0 Å². The molecule has 0 radical (unpaired) electrons. The molecule has 0 aliphatic heterocycles. The largest absolute Gasteiger partial charge is 0.389 e. The molecule has 1 saturated carbocycles. The van der Waals surface area contributed by atoms with Gasteiger partial charge in [-0.2, -0.15) is 0 Å². The van der Waals surface area contributed by atoms with Crippen LogP contribution in [0.5, 0.6) is 0 Å². The molecule has 0 amide bonds. The van der Waals surface area contributed by atoms with Crippen LogP contribution in [0.3, 0.4) is 0 Å². The molecule has 0 bridgehead atoms. The summed E-state index contributed by atoms with van der Waals surface area (Å²) in [5.41, 5.74) is 6.85. The van der Waals surface area contributed by atoms with Crippen LogP contribution in [0.15, 0.2) is 16.6 Å². The molecule has 0 spiro atoms. The summed E-state index contributed by atoms with van der Waals surface area (Å²) in [6.45, 7) is 3.05. The van der Waals surface area contributed by atoms with Gasteiger partial charge in [0.15, 0.2) is 5.82 Å². The second-order valence-electron chi connectivity index (χ2n) is 5.52. The topological polar surface area (TPSA) is 38.0 Å². The minimum Gasteiger partial charge on any atom is -0.389 e. The fraction of sp³-hybridized carbons (Fsp3) is 0.500. The number of rotatable bonds is 4. The fourth-order valence-corrected chi connectivity index (χ4v) is 3.45. The summed E-state index contributed by atoms with van der Waals surface area (Å²) in [5, 5.41) is 3.21. The lowest BCUT2D eigenvalue weighted by molar-refractivity contribution is 0.361. The Morgan fingerprint density at radius 1 is 1.47 bits per heavy atom. The van der Waals surface area contributed by atoms with Crippen LogP contribution in [0.4, 0.5) is 10.1 Å². The van der Waals surface area contributed by atoms with E-state index < -0.39 is 0 Å². The first kappa shape index (κ1) is 14.7. The molecule has 0 saturated heterocycles. The highest BCUT2D eigenvalue weighted by Crippen LogP contribution is 2.38. The lowest BCUT2D eigenvalue weighted by atomic mass is 9.89. The number of hydrogen-bond donors (Lipinski definition) is 2. The number of nitrogens with one attached hydrogen (secondary N) is 1. The predicted molar refractivity (Wildman–Crippen MR) is 85.1 cm³/mol. The Morgan fingerprint density at radius 3 is 2.68 bits per heavy atom. The molecule has 0 heterocycles. The molecule has 5 heteroatoms. The van der Waals surface area contributed by atoms with Gasteiger partial charge in [-0.05, 0) is 46.3 Å². The van der Waals surface area contributed by atoms with Crippen LogP contribution in [0.25, 0.3) is 0 Å². The van der Waals surface area contributed by atoms with E-state index in [4.69, 9.17) is 18.0 Å². The van der Waals surface area contributed by atoms with Gasteiger partial charge in [-0.3, -0.25) is 0 Å². The van der Waals surface area contributed by atoms with Crippen molar-refractivity contribution >= 4 is 38.8 Å². The average Bonchev–Trinajstić information content (AvgIpc) is 2.78. The SMILES string of the molecule is CC1(CNc2ccc(C(N)=S)c(Br)c2F)CCCC1. The molecule has 2 nitrogen and oxygen atoms in total. The third kappa shape index (κ3) is 3.26. The summed E-state index contributed by atoms with van der Waals surface area (Å²) in [6, 6.07) is 3.45. The Kier molecular flexibility index (Phi) is 4.46. The van der Waals surface area contributed by atoms with Gasteiger partial charge in [-0.1, -0.05) is 32.0 Å². The monoisotopic (exact) mass is 344 g/mol. The molecule has 0 unspecified atom stereocenters. The molecule has 104 valence electrons. The van der Waals surface area contributed by atoms with Gasteiger partial charge in [0, 0.05) is 12.1 Å². The van der Waals surface area contributed by atoms with Crippen LogP contribution >= 0.6 is 28.1 Å². The normalized spacial score (nSPS) is 17.4. The first-order valence-electron chi connectivity index (χ1n) is 6.45. The molecule has 0 aromatic heterocycles. The molecular weight excluding hydrogens is 327 g/mol. The lowest BCUT2D eigenvalue weighted by Gasteiger charge is -2.24. The van der Waals surface area contributed by atoms with E-state index in [9.17, 15) is 4.39 Å². The highest BCUT2D eigenvalue weighted by atomic mass is 79.9. The van der Waals surface area contributed by atoms with E-state index in [-0.39, 0.29) is 16.2 Å². The van der Waals surface area contributed by atoms with Gasteiger partial charge < -0.3 is 11.1 Å². The van der Waals surface area contributed by atoms with E-state index in [1.807, 2.05) is 0 Å². The van der Waals surface area contributed by atoms with Crippen molar-refractivity contribution in [3.8, 4) is 0 Å². The summed E-state index contributed by atoms with van der Waals surface area (Å²) >= 11 is 8.10. The van der Waals surface area contributed by atoms with Gasteiger partial charge in [0.25, 0.3) is 0 Å². The second-order valence-corrected chi connectivity index (χ2v) is 6.76. The van der Waals surface area contributed by atoms with Crippen molar-refractivity contribution in [1.29, 1.82) is 0 Å².